The van der Waals surface area contributed by atoms with Crippen molar-refractivity contribution in [2.75, 3.05) is 20.1 Å². The van der Waals surface area contributed by atoms with Crippen molar-refractivity contribution >= 4 is 21.6 Å². The first kappa shape index (κ1) is 24.9. The van der Waals surface area contributed by atoms with Gasteiger partial charge in [0.1, 0.15) is 0 Å². The van der Waals surface area contributed by atoms with E-state index in [0.717, 1.165) is 22.3 Å². The van der Waals surface area contributed by atoms with Gasteiger partial charge in [-0.15, -0.1) is 0 Å². The Morgan fingerprint density at radius 1 is 1.09 bits per heavy atom. The van der Waals surface area contributed by atoms with Crippen molar-refractivity contribution in [1.82, 2.24) is 9.21 Å². The number of hydrogen-bond acceptors (Lipinski definition) is 5. The molecule has 178 valence electrons. The molecule has 2 aromatic rings. The van der Waals surface area contributed by atoms with E-state index in [4.69, 9.17) is 0 Å². The Labute approximate surface area is 195 Å². The van der Waals surface area contributed by atoms with E-state index in [1.165, 1.54) is 15.3 Å². The molecule has 8 nitrogen and oxygen atoms in total. The number of piperidine rings is 1. The van der Waals surface area contributed by atoms with Crippen LogP contribution in [-0.2, 0) is 21.4 Å². The van der Waals surface area contributed by atoms with Crippen LogP contribution in [0.5, 0.6) is 0 Å². The highest BCUT2D eigenvalue weighted by molar-refractivity contribution is 7.89. The lowest BCUT2D eigenvalue weighted by atomic mass is 9.96. The van der Waals surface area contributed by atoms with Crippen molar-refractivity contribution in [2.45, 2.75) is 52.0 Å². The van der Waals surface area contributed by atoms with E-state index in [2.05, 4.69) is 0 Å². The molecule has 0 aromatic heterocycles. The number of aryl methyl sites for hydroxylation is 2. The van der Waals surface area contributed by atoms with Gasteiger partial charge in [-0.3, -0.25) is 14.9 Å². The van der Waals surface area contributed by atoms with Gasteiger partial charge in [0.05, 0.1) is 16.4 Å². The Kier molecular flexibility index (Phi) is 7.23. The second-order valence-electron chi connectivity index (χ2n) is 8.85. The van der Waals surface area contributed by atoms with Crippen molar-refractivity contribution in [3.05, 3.63) is 68.3 Å². The number of rotatable bonds is 6. The number of carbonyl (C=O) groups excluding carboxylic acids is 1. The summed E-state index contributed by atoms with van der Waals surface area (Å²) in [6.07, 6.45) is 0.838. The highest BCUT2D eigenvalue weighted by Gasteiger charge is 2.35. The van der Waals surface area contributed by atoms with Crippen LogP contribution < -0.4 is 0 Å². The third-order valence-corrected chi connectivity index (χ3v) is 8.84. The molecule has 1 aliphatic heterocycles. The molecule has 0 unspecified atom stereocenters. The molecular formula is C24H31N3O5S. The summed E-state index contributed by atoms with van der Waals surface area (Å²) >= 11 is 0. The molecule has 9 heteroatoms. The fourth-order valence-electron chi connectivity index (χ4n) is 4.51. The molecule has 33 heavy (non-hydrogen) atoms. The lowest BCUT2D eigenvalue weighted by molar-refractivity contribution is -0.385. The van der Waals surface area contributed by atoms with Gasteiger partial charge in [0, 0.05) is 37.7 Å². The Hall–Kier alpha value is -2.78. The molecule has 0 spiro atoms. The van der Waals surface area contributed by atoms with Gasteiger partial charge in [-0.05, 0) is 62.8 Å². The van der Waals surface area contributed by atoms with E-state index >= 15 is 0 Å². The van der Waals surface area contributed by atoms with E-state index in [1.54, 1.807) is 25.2 Å². The highest BCUT2D eigenvalue weighted by atomic mass is 32.2. The van der Waals surface area contributed by atoms with Crippen LogP contribution in [0.15, 0.2) is 35.2 Å². The standard InChI is InChI=1S/C24H31N3O5S/c1-16-14-17(2)19(4)23(18(16)3)33(31,32)26-12-10-20(11-13-26)24(28)25(5)15-21-8-6-7-9-22(21)27(29)30/h6-9,14,20H,10-13,15H2,1-5H3. The zero-order chi connectivity index (χ0) is 24.5. The van der Waals surface area contributed by atoms with Crippen LogP contribution in [-0.4, -0.2) is 48.6 Å². The average Bonchev–Trinajstić information content (AvgIpc) is 2.77. The monoisotopic (exact) mass is 473 g/mol. The van der Waals surface area contributed by atoms with Gasteiger partial charge in [-0.1, -0.05) is 24.3 Å². The van der Waals surface area contributed by atoms with Gasteiger partial charge >= 0.3 is 0 Å². The SMILES string of the molecule is Cc1cc(C)c(C)c(S(=O)(=O)N2CCC(C(=O)N(C)Cc3ccccc3[N+](=O)[O-])CC2)c1C. The summed E-state index contributed by atoms with van der Waals surface area (Å²) in [6, 6.07) is 8.38. The number of benzene rings is 2. The summed E-state index contributed by atoms with van der Waals surface area (Å²) in [5, 5.41) is 11.3. The van der Waals surface area contributed by atoms with E-state index in [9.17, 15) is 23.3 Å². The van der Waals surface area contributed by atoms with Gasteiger partial charge in [-0.25, -0.2) is 8.42 Å². The normalized spacial score (nSPS) is 15.4. The Morgan fingerprint density at radius 3 is 2.18 bits per heavy atom. The molecule has 0 aliphatic carbocycles. The van der Waals surface area contributed by atoms with Crippen molar-refractivity contribution in [3.63, 3.8) is 0 Å². The smallest absolute Gasteiger partial charge is 0.274 e. The zero-order valence-electron chi connectivity index (χ0n) is 19.8. The maximum atomic E-state index is 13.5. The molecule has 1 heterocycles. The van der Waals surface area contributed by atoms with Crippen LogP contribution in [0, 0.1) is 43.7 Å². The summed E-state index contributed by atoms with van der Waals surface area (Å²) in [5.74, 6) is -0.436. The maximum absolute atomic E-state index is 13.5. The highest BCUT2D eigenvalue weighted by Crippen LogP contribution is 2.31. The lowest BCUT2D eigenvalue weighted by Gasteiger charge is -2.33. The number of carbonyl (C=O) groups is 1. The third-order valence-electron chi connectivity index (χ3n) is 6.67. The molecule has 0 N–H and O–H groups in total. The fourth-order valence-corrected chi connectivity index (χ4v) is 6.55. The molecule has 0 atom stereocenters. The number of amides is 1. The van der Waals surface area contributed by atoms with E-state index in [-0.39, 0.29) is 37.1 Å². The number of nitro benzene ring substituents is 1. The van der Waals surface area contributed by atoms with Crippen LogP contribution in [0.1, 0.15) is 40.7 Å². The largest absolute Gasteiger partial charge is 0.341 e. The number of hydrogen-bond donors (Lipinski definition) is 0. The minimum absolute atomic E-state index is 0.0164. The van der Waals surface area contributed by atoms with Crippen LogP contribution in [0.4, 0.5) is 5.69 Å². The van der Waals surface area contributed by atoms with Gasteiger partial charge in [0.25, 0.3) is 5.69 Å². The minimum atomic E-state index is -3.67. The van der Waals surface area contributed by atoms with Crippen molar-refractivity contribution in [2.24, 2.45) is 5.92 Å². The molecule has 1 saturated heterocycles. The minimum Gasteiger partial charge on any atom is -0.341 e. The number of sulfonamides is 1. The van der Waals surface area contributed by atoms with Gasteiger partial charge in [-0.2, -0.15) is 4.31 Å². The quantitative estimate of drug-likeness (QED) is 0.468. The Bertz CT molecular complexity index is 1160. The average molecular weight is 474 g/mol. The fraction of sp³-hybridized carbons (Fsp3) is 0.458. The molecule has 2 aromatic carbocycles. The van der Waals surface area contributed by atoms with E-state index in [1.807, 2.05) is 33.8 Å². The van der Waals surface area contributed by atoms with Gasteiger partial charge < -0.3 is 4.90 Å². The summed E-state index contributed by atoms with van der Waals surface area (Å²) in [6.45, 7) is 8.17. The van der Waals surface area contributed by atoms with Crippen molar-refractivity contribution in [1.29, 1.82) is 0 Å². The van der Waals surface area contributed by atoms with Crippen LogP contribution >= 0.6 is 0 Å². The summed E-state index contributed by atoms with van der Waals surface area (Å²) in [4.78, 5) is 25.7. The van der Waals surface area contributed by atoms with Crippen molar-refractivity contribution < 1.29 is 18.1 Å². The molecule has 1 amide bonds. The zero-order valence-corrected chi connectivity index (χ0v) is 20.6. The number of para-hydroxylation sites is 1. The predicted octanol–water partition coefficient (Wildman–Crippen LogP) is 3.89. The Morgan fingerprint density at radius 2 is 1.64 bits per heavy atom. The third kappa shape index (κ3) is 4.94. The lowest BCUT2D eigenvalue weighted by Crippen LogP contribution is -2.43. The van der Waals surface area contributed by atoms with Crippen molar-refractivity contribution in [3.8, 4) is 0 Å². The first-order valence-electron chi connectivity index (χ1n) is 11.0. The predicted molar refractivity (Wildman–Crippen MR) is 126 cm³/mol. The van der Waals surface area contributed by atoms with Gasteiger partial charge in [0.2, 0.25) is 15.9 Å². The number of nitrogens with zero attached hydrogens (tertiary/aromatic N) is 3. The molecule has 0 radical (unpaired) electrons. The van der Waals surface area contributed by atoms with E-state index < -0.39 is 14.9 Å². The summed E-state index contributed by atoms with van der Waals surface area (Å²) < 4.78 is 28.4. The van der Waals surface area contributed by atoms with Gasteiger partial charge in [0.15, 0.2) is 0 Å². The second-order valence-corrected chi connectivity index (χ2v) is 10.7. The number of nitro groups is 1. The molecule has 0 bridgehead atoms. The maximum Gasteiger partial charge on any atom is 0.274 e. The topological polar surface area (TPSA) is 101 Å². The Balaban J connectivity index is 1.71. The first-order chi connectivity index (χ1) is 15.4. The van der Waals surface area contributed by atoms with Crippen LogP contribution in [0.2, 0.25) is 0 Å². The molecular weight excluding hydrogens is 442 g/mol. The summed E-state index contributed by atoms with van der Waals surface area (Å²) in [5.41, 5.74) is 3.87. The first-order valence-corrected chi connectivity index (χ1v) is 12.4. The van der Waals surface area contributed by atoms with E-state index in [0.29, 0.717) is 23.3 Å². The molecule has 1 aliphatic rings. The summed E-state index contributed by atoms with van der Waals surface area (Å²) in [7, 11) is -2.04. The molecule has 0 saturated carbocycles. The molecule has 1 fully saturated rings. The molecule has 3 rings (SSSR count). The second kappa shape index (κ2) is 9.61. The van der Waals surface area contributed by atoms with Crippen LogP contribution in [0.25, 0.3) is 0 Å². The van der Waals surface area contributed by atoms with Crippen LogP contribution in [0.3, 0.4) is 0 Å².